The van der Waals surface area contributed by atoms with Crippen molar-refractivity contribution >= 4 is 29.2 Å². The van der Waals surface area contributed by atoms with Gasteiger partial charge in [-0.05, 0) is 25.1 Å². The maximum Gasteiger partial charge on any atom is 0.401 e. The standard InChI is InChI=1S/C12H12Cl2F3NO2/c1-2-20-11(19)10(18-6-12(15,16)17)8-5-7(13)3-4-9(8)14/h3-5,10,18H,2,6H2,1H3. The highest BCUT2D eigenvalue weighted by molar-refractivity contribution is 6.33. The molecular formula is C12H12Cl2F3NO2. The second kappa shape index (κ2) is 7.15. The first-order chi connectivity index (χ1) is 9.24. The zero-order valence-electron chi connectivity index (χ0n) is 10.4. The van der Waals surface area contributed by atoms with Crippen LogP contribution in [0.5, 0.6) is 0 Å². The van der Waals surface area contributed by atoms with Crippen molar-refractivity contribution < 1.29 is 22.7 Å². The molecule has 0 aliphatic rings. The van der Waals surface area contributed by atoms with Gasteiger partial charge in [-0.3, -0.25) is 5.32 Å². The van der Waals surface area contributed by atoms with Gasteiger partial charge in [0.1, 0.15) is 6.04 Å². The Morgan fingerprint density at radius 1 is 1.40 bits per heavy atom. The van der Waals surface area contributed by atoms with Gasteiger partial charge >= 0.3 is 12.1 Å². The molecule has 1 aromatic carbocycles. The van der Waals surface area contributed by atoms with Crippen molar-refractivity contribution in [2.45, 2.75) is 19.1 Å². The Labute approximate surface area is 124 Å². The maximum atomic E-state index is 12.3. The Bertz CT molecular complexity index is 480. The molecule has 0 saturated carbocycles. The lowest BCUT2D eigenvalue weighted by Crippen LogP contribution is -2.37. The van der Waals surface area contributed by atoms with Crippen LogP contribution in [0.4, 0.5) is 13.2 Å². The van der Waals surface area contributed by atoms with Crippen LogP contribution in [-0.4, -0.2) is 25.3 Å². The lowest BCUT2D eigenvalue weighted by molar-refractivity contribution is -0.149. The summed E-state index contributed by atoms with van der Waals surface area (Å²) in [6.07, 6.45) is -4.46. The van der Waals surface area contributed by atoms with Gasteiger partial charge < -0.3 is 4.74 Å². The highest BCUT2D eigenvalue weighted by Gasteiger charge is 2.32. The SMILES string of the molecule is CCOC(=O)C(NCC(F)(F)F)c1cc(Cl)ccc1Cl. The largest absolute Gasteiger partial charge is 0.465 e. The predicted molar refractivity (Wildman–Crippen MR) is 69.9 cm³/mol. The number of alkyl halides is 3. The Morgan fingerprint density at radius 3 is 2.60 bits per heavy atom. The molecule has 8 heteroatoms. The second-order valence-electron chi connectivity index (χ2n) is 3.85. The third-order valence-electron chi connectivity index (χ3n) is 2.30. The Kier molecular flexibility index (Phi) is 6.10. The number of carbonyl (C=O) groups is 1. The van der Waals surface area contributed by atoms with E-state index in [1.807, 2.05) is 0 Å². The molecule has 1 atom stereocenters. The van der Waals surface area contributed by atoms with Crippen molar-refractivity contribution in [3.05, 3.63) is 33.8 Å². The maximum absolute atomic E-state index is 12.3. The number of halogens is 5. The number of rotatable bonds is 5. The van der Waals surface area contributed by atoms with E-state index in [4.69, 9.17) is 27.9 Å². The summed E-state index contributed by atoms with van der Waals surface area (Å²) in [6, 6.07) is 2.87. The first kappa shape index (κ1) is 17.1. The minimum absolute atomic E-state index is 0.0429. The smallest absolute Gasteiger partial charge is 0.401 e. The first-order valence-electron chi connectivity index (χ1n) is 5.66. The summed E-state index contributed by atoms with van der Waals surface area (Å²) in [5, 5.41) is 2.47. The molecule has 3 nitrogen and oxygen atoms in total. The lowest BCUT2D eigenvalue weighted by atomic mass is 10.1. The van der Waals surface area contributed by atoms with Crippen molar-refractivity contribution in [2.75, 3.05) is 13.2 Å². The van der Waals surface area contributed by atoms with E-state index in [0.717, 1.165) is 0 Å². The van der Waals surface area contributed by atoms with Crippen molar-refractivity contribution in [2.24, 2.45) is 0 Å². The predicted octanol–water partition coefficient (Wildman–Crippen LogP) is 3.75. The summed E-state index contributed by atoms with van der Waals surface area (Å²) in [6.45, 7) is 0.249. The molecule has 0 spiro atoms. The summed E-state index contributed by atoms with van der Waals surface area (Å²) in [7, 11) is 0. The Morgan fingerprint density at radius 2 is 2.05 bits per heavy atom. The average molecular weight is 330 g/mol. The number of nitrogens with one attached hydrogen (secondary N) is 1. The monoisotopic (exact) mass is 329 g/mol. The van der Waals surface area contributed by atoms with Gasteiger partial charge in [-0.15, -0.1) is 0 Å². The topological polar surface area (TPSA) is 38.3 Å². The van der Waals surface area contributed by atoms with E-state index in [2.05, 4.69) is 5.32 Å². The fourth-order valence-corrected chi connectivity index (χ4v) is 1.91. The molecular weight excluding hydrogens is 318 g/mol. The molecule has 0 radical (unpaired) electrons. The number of benzene rings is 1. The molecule has 112 valence electrons. The van der Waals surface area contributed by atoms with Gasteiger partial charge in [-0.2, -0.15) is 13.2 Å². The van der Waals surface area contributed by atoms with Crippen molar-refractivity contribution in [3.63, 3.8) is 0 Å². The molecule has 0 heterocycles. The van der Waals surface area contributed by atoms with Gasteiger partial charge in [0, 0.05) is 15.6 Å². The summed E-state index contributed by atoms with van der Waals surface area (Å²) in [5.41, 5.74) is 0.141. The molecule has 0 saturated heterocycles. The van der Waals surface area contributed by atoms with Gasteiger partial charge in [-0.25, -0.2) is 4.79 Å². The van der Waals surface area contributed by atoms with E-state index in [1.165, 1.54) is 18.2 Å². The van der Waals surface area contributed by atoms with Crippen LogP contribution in [0.3, 0.4) is 0 Å². The van der Waals surface area contributed by atoms with E-state index in [-0.39, 0.29) is 22.2 Å². The van der Waals surface area contributed by atoms with Crippen molar-refractivity contribution in [3.8, 4) is 0 Å². The number of hydrogen-bond donors (Lipinski definition) is 1. The van der Waals surface area contributed by atoms with Gasteiger partial charge in [0.15, 0.2) is 0 Å². The zero-order chi connectivity index (χ0) is 15.3. The number of ether oxygens (including phenoxy) is 1. The molecule has 0 aliphatic carbocycles. The summed E-state index contributed by atoms with van der Waals surface area (Å²) < 4.78 is 41.6. The minimum Gasteiger partial charge on any atom is -0.465 e. The van der Waals surface area contributed by atoms with E-state index < -0.39 is 24.7 Å². The molecule has 0 bridgehead atoms. The van der Waals surface area contributed by atoms with Gasteiger partial charge in [-0.1, -0.05) is 23.2 Å². The molecule has 0 aliphatic heterocycles. The van der Waals surface area contributed by atoms with Crippen molar-refractivity contribution in [1.82, 2.24) is 5.32 Å². The summed E-state index contributed by atoms with van der Waals surface area (Å²) in [4.78, 5) is 11.8. The summed E-state index contributed by atoms with van der Waals surface area (Å²) in [5.74, 6) is -0.846. The molecule has 0 amide bonds. The Hall–Kier alpha value is -0.980. The van der Waals surface area contributed by atoms with E-state index in [1.54, 1.807) is 6.92 Å². The fourth-order valence-electron chi connectivity index (χ4n) is 1.50. The van der Waals surface area contributed by atoms with Crippen LogP contribution in [0, 0.1) is 0 Å². The van der Waals surface area contributed by atoms with Crippen molar-refractivity contribution in [1.29, 1.82) is 0 Å². The van der Waals surface area contributed by atoms with Crippen LogP contribution >= 0.6 is 23.2 Å². The third-order valence-corrected chi connectivity index (χ3v) is 2.88. The van der Waals surface area contributed by atoms with E-state index in [0.29, 0.717) is 0 Å². The molecule has 1 unspecified atom stereocenters. The van der Waals surface area contributed by atoms with Gasteiger partial charge in [0.05, 0.1) is 13.2 Å². The molecule has 1 rings (SSSR count). The van der Waals surface area contributed by atoms with E-state index >= 15 is 0 Å². The zero-order valence-corrected chi connectivity index (χ0v) is 11.9. The van der Waals surface area contributed by atoms with Gasteiger partial charge in [0.25, 0.3) is 0 Å². The van der Waals surface area contributed by atoms with Crippen LogP contribution in [-0.2, 0) is 9.53 Å². The summed E-state index contributed by atoms with van der Waals surface area (Å²) >= 11 is 11.7. The number of carbonyl (C=O) groups excluding carboxylic acids is 1. The number of esters is 1. The van der Waals surface area contributed by atoms with Crippen LogP contribution in [0.15, 0.2) is 18.2 Å². The molecule has 0 fully saturated rings. The normalized spacial score (nSPS) is 13.1. The number of hydrogen-bond acceptors (Lipinski definition) is 3. The highest BCUT2D eigenvalue weighted by Crippen LogP contribution is 2.28. The first-order valence-corrected chi connectivity index (χ1v) is 6.42. The van der Waals surface area contributed by atoms with Gasteiger partial charge in [0.2, 0.25) is 0 Å². The Balaban J connectivity index is 3.03. The van der Waals surface area contributed by atoms with Crippen LogP contribution in [0.25, 0.3) is 0 Å². The van der Waals surface area contributed by atoms with E-state index in [9.17, 15) is 18.0 Å². The second-order valence-corrected chi connectivity index (χ2v) is 4.69. The average Bonchev–Trinajstić information content (AvgIpc) is 2.32. The molecule has 20 heavy (non-hydrogen) atoms. The highest BCUT2D eigenvalue weighted by atomic mass is 35.5. The molecule has 1 N–H and O–H groups in total. The van der Waals surface area contributed by atoms with Crippen LogP contribution < -0.4 is 5.32 Å². The minimum atomic E-state index is -4.46. The van der Waals surface area contributed by atoms with Crippen LogP contribution in [0.1, 0.15) is 18.5 Å². The lowest BCUT2D eigenvalue weighted by Gasteiger charge is -2.20. The molecule has 0 aromatic heterocycles. The van der Waals surface area contributed by atoms with Crippen LogP contribution in [0.2, 0.25) is 10.0 Å². The molecule has 1 aromatic rings. The fraction of sp³-hybridized carbons (Fsp3) is 0.417. The third kappa shape index (κ3) is 5.19. The quantitative estimate of drug-likeness (QED) is 0.836.